The number of rotatable bonds is 9. The van der Waals surface area contributed by atoms with E-state index in [1.807, 2.05) is 18.9 Å². The first-order valence-corrected chi connectivity index (χ1v) is 10.4. The molecule has 1 aromatic heterocycles. The second-order valence-corrected chi connectivity index (χ2v) is 8.55. The number of aliphatic hydroxyl groups excluding tert-OH is 1. The summed E-state index contributed by atoms with van der Waals surface area (Å²) < 4.78 is 24.5. The molecule has 9 heteroatoms. The van der Waals surface area contributed by atoms with Gasteiger partial charge in [0, 0.05) is 20.1 Å². The van der Waals surface area contributed by atoms with Crippen molar-refractivity contribution >= 4 is 51.1 Å². The Morgan fingerprint density at radius 1 is 1.46 bits per heavy atom. The minimum absolute atomic E-state index is 0. The molecule has 1 aromatic rings. The smallest absolute Gasteiger partial charge is 0.193 e. The van der Waals surface area contributed by atoms with E-state index in [4.69, 9.17) is 0 Å². The lowest BCUT2D eigenvalue weighted by molar-refractivity contribution is 0.205. The highest BCUT2D eigenvalue weighted by Gasteiger charge is 2.20. The van der Waals surface area contributed by atoms with E-state index in [0.717, 1.165) is 37.3 Å². The van der Waals surface area contributed by atoms with Crippen LogP contribution in [0.4, 0.5) is 0 Å². The van der Waals surface area contributed by atoms with Gasteiger partial charge in [-0.3, -0.25) is 4.99 Å². The van der Waals surface area contributed by atoms with Crippen molar-refractivity contribution in [3.8, 4) is 0 Å². The van der Waals surface area contributed by atoms with Crippen LogP contribution < -0.4 is 5.32 Å². The number of nitrogens with one attached hydrogen (secondary N) is 1. The molecule has 0 aliphatic carbocycles. The van der Waals surface area contributed by atoms with Gasteiger partial charge in [0.2, 0.25) is 0 Å². The lowest BCUT2D eigenvalue weighted by Gasteiger charge is -2.22. The summed E-state index contributed by atoms with van der Waals surface area (Å²) in [5.74, 6) is 0.378. The van der Waals surface area contributed by atoms with Crippen LogP contribution in [0.3, 0.4) is 0 Å². The first kappa shape index (κ1) is 23.6. The summed E-state index contributed by atoms with van der Waals surface area (Å²) >= 11 is 1.16. The van der Waals surface area contributed by atoms with Gasteiger partial charge in [-0.25, -0.2) is 8.42 Å². The van der Waals surface area contributed by atoms with Gasteiger partial charge in [-0.15, -0.1) is 35.3 Å². The number of hydrogen-bond donors (Lipinski definition) is 2. The molecular formula is C15H28IN3O3S2. The molecule has 24 heavy (non-hydrogen) atoms. The number of nitrogens with zero attached hydrogens (tertiary/aromatic N) is 2. The van der Waals surface area contributed by atoms with Gasteiger partial charge in [0.15, 0.2) is 15.8 Å². The van der Waals surface area contributed by atoms with Crippen LogP contribution in [-0.2, 0) is 9.84 Å². The summed E-state index contributed by atoms with van der Waals surface area (Å²) in [6.45, 7) is 5.74. The Morgan fingerprint density at radius 3 is 2.71 bits per heavy atom. The van der Waals surface area contributed by atoms with Gasteiger partial charge in [0.05, 0.1) is 18.4 Å². The average molecular weight is 489 g/mol. The molecule has 0 fully saturated rings. The zero-order valence-corrected chi connectivity index (χ0v) is 18.4. The van der Waals surface area contributed by atoms with E-state index >= 15 is 0 Å². The molecule has 1 unspecified atom stereocenters. The molecule has 0 saturated heterocycles. The highest BCUT2D eigenvalue weighted by Crippen LogP contribution is 2.18. The third-order valence-corrected chi connectivity index (χ3v) is 6.49. The highest BCUT2D eigenvalue weighted by molar-refractivity contribution is 14.0. The first-order valence-electron chi connectivity index (χ1n) is 7.84. The fraction of sp³-hybridized carbons (Fsp3) is 0.667. The number of thiophene rings is 1. The van der Waals surface area contributed by atoms with Crippen molar-refractivity contribution in [1.29, 1.82) is 0 Å². The zero-order chi connectivity index (χ0) is 17.3. The molecule has 1 atom stereocenters. The van der Waals surface area contributed by atoms with E-state index in [1.165, 1.54) is 0 Å². The molecular weight excluding hydrogens is 461 g/mol. The summed E-state index contributed by atoms with van der Waals surface area (Å²) in [6.07, 6.45) is 1.12. The van der Waals surface area contributed by atoms with E-state index in [1.54, 1.807) is 17.5 Å². The van der Waals surface area contributed by atoms with Gasteiger partial charge in [0.25, 0.3) is 0 Å². The van der Waals surface area contributed by atoms with Crippen molar-refractivity contribution in [3.63, 3.8) is 0 Å². The van der Waals surface area contributed by atoms with Crippen LogP contribution in [0, 0.1) is 0 Å². The summed E-state index contributed by atoms with van der Waals surface area (Å²) in [5, 5.41) is 14.9. The lowest BCUT2D eigenvalue weighted by atomic mass is 10.3. The molecule has 0 spiro atoms. The monoisotopic (exact) mass is 489 g/mol. The van der Waals surface area contributed by atoms with Crippen LogP contribution in [-0.4, -0.2) is 62.9 Å². The highest BCUT2D eigenvalue weighted by atomic mass is 127. The average Bonchev–Trinajstić information content (AvgIpc) is 3.03. The largest absolute Gasteiger partial charge is 0.390 e. The Bertz CT molecular complexity index is 577. The molecule has 0 amide bonds. The second kappa shape index (κ2) is 12.0. The van der Waals surface area contributed by atoms with Gasteiger partial charge < -0.3 is 15.3 Å². The van der Waals surface area contributed by atoms with Crippen LogP contribution in [0.2, 0.25) is 0 Å². The van der Waals surface area contributed by atoms with Crippen LogP contribution in [0.15, 0.2) is 26.7 Å². The number of hydrogen-bond acceptors (Lipinski definition) is 5. The number of unbranched alkanes of at least 4 members (excludes halogenated alkanes) is 1. The maximum atomic E-state index is 12.1. The van der Waals surface area contributed by atoms with Gasteiger partial charge in [-0.1, -0.05) is 19.4 Å². The van der Waals surface area contributed by atoms with Gasteiger partial charge in [-0.05, 0) is 24.8 Å². The standard InChI is InChI=1S/C15H27N3O3S2.HI/c1-4-6-9-18(3)15(16-5-2)17-11-13(19)12-23(20,21)14-8-7-10-22-14;/h7-8,10,13,19H,4-6,9,11-12H2,1-3H3,(H,16,17);1H. The van der Waals surface area contributed by atoms with Crippen LogP contribution in [0.1, 0.15) is 26.7 Å². The zero-order valence-electron chi connectivity index (χ0n) is 14.4. The maximum absolute atomic E-state index is 12.1. The second-order valence-electron chi connectivity index (χ2n) is 5.34. The van der Waals surface area contributed by atoms with E-state index in [9.17, 15) is 13.5 Å². The fourth-order valence-corrected chi connectivity index (χ4v) is 4.46. The quantitative estimate of drug-likeness (QED) is 0.316. The number of guanidine groups is 1. The molecule has 0 aliphatic heterocycles. The van der Waals surface area contributed by atoms with Crippen LogP contribution >= 0.6 is 35.3 Å². The fourth-order valence-electron chi connectivity index (χ4n) is 1.99. The topological polar surface area (TPSA) is 82.0 Å². The first-order chi connectivity index (χ1) is 10.9. The van der Waals surface area contributed by atoms with Crippen molar-refractivity contribution in [2.45, 2.75) is 37.0 Å². The van der Waals surface area contributed by atoms with Crippen molar-refractivity contribution in [2.75, 3.05) is 32.4 Å². The Kier molecular flexibility index (Phi) is 11.8. The molecule has 1 rings (SSSR count). The Balaban J connectivity index is 0.00000529. The molecule has 140 valence electrons. The predicted molar refractivity (Wildman–Crippen MR) is 111 cm³/mol. The number of aliphatic hydroxyl groups is 1. The molecule has 2 N–H and O–H groups in total. The van der Waals surface area contributed by atoms with E-state index in [-0.39, 0.29) is 40.5 Å². The Labute approximate surface area is 166 Å². The van der Waals surface area contributed by atoms with E-state index in [0.29, 0.717) is 5.96 Å². The molecule has 0 aliphatic rings. The van der Waals surface area contributed by atoms with Crippen molar-refractivity contribution in [1.82, 2.24) is 10.2 Å². The third kappa shape index (κ3) is 8.13. The number of halogens is 1. The Morgan fingerprint density at radius 2 is 2.17 bits per heavy atom. The third-order valence-electron chi connectivity index (χ3n) is 3.21. The molecule has 0 radical (unpaired) electrons. The maximum Gasteiger partial charge on any atom is 0.193 e. The Hall–Kier alpha value is -0.390. The van der Waals surface area contributed by atoms with Gasteiger partial charge >= 0.3 is 0 Å². The van der Waals surface area contributed by atoms with Crippen LogP contribution in [0.5, 0.6) is 0 Å². The van der Waals surface area contributed by atoms with E-state index < -0.39 is 15.9 Å². The van der Waals surface area contributed by atoms with Crippen molar-refractivity contribution in [3.05, 3.63) is 17.5 Å². The normalized spacial score (nSPS) is 13.2. The molecule has 0 bridgehead atoms. The van der Waals surface area contributed by atoms with Crippen molar-refractivity contribution < 1.29 is 13.5 Å². The molecule has 1 heterocycles. The SMILES string of the molecule is CCCCN(C)C(=NCC(O)CS(=O)(=O)c1cccs1)NCC.I. The molecule has 0 aromatic carbocycles. The number of aliphatic imine (C=N–C) groups is 1. The number of sulfone groups is 1. The van der Waals surface area contributed by atoms with Crippen molar-refractivity contribution in [2.24, 2.45) is 4.99 Å². The molecule has 6 nitrogen and oxygen atoms in total. The van der Waals surface area contributed by atoms with Gasteiger partial charge in [-0.2, -0.15) is 0 Å². The van der Waals surface area contributed by atoms with Gasteiger partial charge in [0.1, 0.15) is 4.21 Å². The van der Waals surface area contributed by atoms with Crippen LogP contribution in [0.25, 0.3) is 0 Å². The minimum Gasteiger partial charge on any atom is -0.390 e. The summed E-state index contributed by atoms with van der Waals surface area (Å²) in [5.41, 5.74) is 0. The predicted octanol–water partition coefficient (Wildman–Crippen LogP) is 2.20. The lowest BCUT2D eigenvalue weighted by Crippen LogP contribution is -2.40. The molecule has 0 saturated carbocycles. The summed E-state index contributed by atoms with van der Waals surface area (Å²) in [6, 6.07) is 3.24. The summed E-state index contributed by atoms with van der Waals surface area (Å²) in [4.78, 5) is 6.35. The summed E-state index contributed by atoms with van der Waals surface area (Å²) in [7, 11) is -1.51. The van der Waals surface area contributed by atoms with E-state index in [2.05, 4.69) is 17.2 Å². The minimum atomic E-state index is -3.45.